The summed E-state index contributed by atoms with van der Waals surface area (Å²) in [6, 6.07) is 6.60. The topological polar surface area (TPSA) is 101 Å². The van der Waals surface area contributed by atoms with Crippen molar-refractivity contribution < 1.29 is 8.42 Å². The molecule has 0 bridgehead atoms. The number of aromatic nitrogens is 2. The number of rotatable bonds is 5. The summed E-state index contributed by atoms with van der Waals surface area (Å²) in [5.41, 5.74) is 6.62. The summed E-state index contributed by atoms with van der Waals surface area (Å²) in [4.78, 5) is 0. The van der Waals surface area contributed by atoms with Crippen LogP contribution in [0.3, 0.4) is 0 Å². The molecule has 1 atom stereocenters. The lowest BCUT2D eigenvalue weighted by atomic mass is 10.1. The number of nitrogens with one attached hydrogen (secondary N) is 2. The minimum absolute atomic E-state index is 0.0149. The van der Waals surface area contributed by atoms with E-state index in [0.29, 0.717) is 16.1 Å². The average molecular weight is 315 g/mol. The zero-order valence-corrected chi connectivity index (χ0v) is 12.4. The molecule has 0 radical (unpaired) electrons. The molecule has 1 aromatic heterocycles. The highest BCUT2D eigenvalue weighted by Crippen LogP contribution is 2.24. The first kappa shape index (κ1) is 15.0. The Balaban J connectivity index is 2.27. The summed E-state index contributed by atoms with van der Waals surface area (Å²) < 4.78 is 27.1. The quantitative estimate of drug-likeness (QED) is 0.779. The number of halogens is 1. The number of aromatic amines is 1. The Morgan fingerprint density at radius 2 is 2.15 bits per heavy atom. The molecule has 4 N–H and O–H groups in total. The Hall–Kier alpha value is -1.41. The molecule has 8 heteroatoms. The first-order valence-electron chi connectivity index (χ1n) is 5.94. The van der Waals surface area contributed by atoms with Gasteiger partial charge in [-0.05, 0) is 18.6 Å². The van der Waals surface area contributed by atoms with Crippen LogP contribution in [0.25, 0.3) is 0 Å². The summed E-state index contributed by atoms with van der Waals surface area (Å²) >= 11 is 6.06. The molecular weight excluding hydrogens is 300 g/mol. The SMILES string of the molecule is CC(NS(=O)(=O)c1[nH]ncc1CN)c1ccccc1Cl. The van der Waals surface area contributed by atoms with Crippen molar-refractivity contribution >= 4 is 21.6 Å². The normalized spacial score (nSPS) is 13.3. The van der Waals surface area contributed by atoms with Gasteiger partial charge in [-0.3, -0.25) is 5.10 Å². The fourth-order valence-corrected chi connectivity index (χ4v) is 3.52. The zero-order chi connectivity index (χ0) is 14.8. The second kappa shape index (κ2) is 5.92. The fraction of sp³-hybridized carbons (Fsp3) is 0.250. The Morgan fingerprint density at radius 1 is 1.45 bits per heavy atom. The summed E-state index contributed by atoms with van der Waals surface area (Å²) in [6.07, 6.45) is 1.40. The second-order valence-electron chi connectivity index (χ2n) is 4.29. The number of benzene rings is 1. The Bertz CT molecular complexity index is 699. The van der Waals surface area contributed by atoms with Crippen LogP contribution in [-0.4, -0.2) is 18.6 Å². The summed E-state index contributed by atoms with van der Waals surface area (Å²) in [6.45, 7) is 1.81. The predicted octanol–water partition coefficient (Wildman–Crippen LogP) is 1.56. The molecule has 0 saturated heterocycles. The van der Waals surface area contributed by atoms with Crippen LogP contribution in [0.15, 0.2) is 35.5 Å². The molecule has 0 amide bonds. The lowest BCUT2D eigenvalue weighted by Gasteiger charge is -2.15. The average Bonchev–Trinajstić information content (AvgIpc) is 2.87. The monoisotopic (exact) mass is 314 g/mol. The van der Waals surface area contributed by atoms with Gasteiger partial charge in [-0.2, -0.15) is 5.10 Å². The third kappa shape index (κ3) is 3.01. The minimum atomic E-state index is -3.73. The van der Waals surface area contributed by atoms with E-state index in [-0.39, 0.29) is 11.6 Å². The van der Waals surface area contributed by atoms with Crippen LogP contribution in [0, 0.1) is 0 Å². The highest BCUT2D eigenvalue weighted by molar-refractivity contribution is 7.89. The summed E-state index contributed by atoms with van der Waals surface area (Å²) in [5, 5.41) is 6.65. The van der Waals surface area contributed by atoms with Crippen molar-refractivity contribution in [3.63, 3.8) is 0 Å². The predicted molar refractivity (Wildman–Crippen MR) is 76.7 cm³/mol. The first-order chi connectivity index (χ1) is 9.45. The van der Waals surface area contributed by atoms with Crippen molar-refractivity contribution in [1.29, 1.82) is 0 Å². The van der Waals surface area contributed by atoms with E-state index in [0.717, 1.165) is 0 Å². The van der Waals surface area contributed by atoms with Crippen LogP contribution in [0.2, 0.25) is 5.02 Å². The third-order valence-electron chi connectivity index (χ3n) is 2.87. The molecule has 0 fully saturated rings. The van der Waals surface area contributed by atoms with E-state index in [1.54, 1.807) is 31.2 Å². The fourth-order valence-electron chi connectivity index (χ4n) is 1.86. The zero-order valence-electron chi connectivity index (χ0n) is 10.8. The van der Waals surface area contributed by atoms with Crippen molar-refractivity contribution in [3.8, 4) is 0 Å². The summed E-state index contributed by atoms with van der Waals surface area (Å²) in [5.74, 6) is 0. The Kier molecular flexibility index (Phi) is 4.44. The standard InChI is InChI=1S/C12H15ClN4O2S/c1-8(10-4-2-3-5-11(10)13)17-20(18,19)12-9(6-14)7-15-16-12/h2-5,7-8,17H,6,14H2,1H3,(H,15,16). The van der Waals surface area contributed by atoms with E-state index < -0.39 is 16.1 Å². The van der Waals surface area contributed by atoms with Crippen LogP contribution < -0.4 is 10.5 Å². The van der Waals surface area contributed by atoms with Crippen LogP contribution in [-0.2, 0) is 16.6 Å². The number of nitrogens with zero attached hydrogens (tertiary/aromatic N) is 1. The van der Waals surface area contributed by atoms with Crippen molar-refractivity contribution in [2.24, 2.45) is 5.73 Å². The molecule has 0 spiro atoms. The maximum atomic E-state index is 12.3. The van der Waals surface area contributed by atoms with Gasteiger partial charge < -0.3 is 5.73 Å². The van der Waals surface area contributed by atoms with Gasteiger partial charge in [0, 0.05) is 23.2 Å². The van der Waals surface area contributed by atoms with Gasteiger partial charge in [0.15, 0.2) is 5.03 Å². The molecule has 20 heavy (non-hydrogen) atoms. The molecule has 1 heterocycles. The molecule has 1 aromatic carbocycles. The molecule has 0 aliphatic carbocycles. The molecule has 2 rings (SSSR count). The van der Waals surface area contributed by atoms with Gasteiger partial charge in [0.05, 0.1) is 6.20 Å². The molecule has 108 valence electrons. The van der Waals surface area contributed by atoms with Crippen LogP contribution >= 0.6 is 11.6 Å². The van der Waals surface area contributed by atoms with E-state index in [4.69, 9.17) is 17.3 Å². The van der Waals surface area contributed by atoms with Crippen molar-refractivity contribution in [1.82, 2.24) is 14.9 Å². The van der Waals surface area contributed by atoms with Gasteiger partial charge in [-0.15, -0.1) is 0 Å². The maximum absolute atomic E-state index is 12.3. The number of H-pyrrole nitrogens is 1. The van der Waals surface area contributed by atoms with E-state index in [9.17, 15) is 8.42 Å². The van der Waals surface area contributed by atoms with E-state index in [1.807, 2.05) is 0 Å². The third-order valence-corrected chi connectivity index (χ3v) is 4.77. The molecule has 0 aliphatic rings. The van der Waals surface area contributed by atoms with Gasteiger partial charge in [0.1, 0.15) is 0 Å². The van der Waals surface area contributed by atoms with Gasteiger partial charge in [-0.1, -0.05) is 29.8 Å². The lowest BCUT2D eigenvalue weighted by molar-refractivity contribution is 0.561. The Labute approximate surface area is 122 Å². The lowest BCUT2D eigenvalue weighted by Crippen LogP contribution is -2.28. The molecule has 2 aromatic rings. The van der Waals surface area contributed by atoms with Crippen molar-refractivity contribution in [2.75, 3.05) is 0 Å². The van der Waals surface area contributed by atoms with Gasteiger partial charge in [0.2, 0.25) is 0 Å². The maximum Gasteiger partial charge on any atom is 0.258 e. The van der Waals surface area contributed by atoms with Gasteiger partial charge in [0.25, 0.3) is 10.0 Å². The van der Waals surface area contributed by atoms with Crippen molar-refractivity contribution in [2.45, 2.75) is 24.5 Å². The van der Waals surface area contributed by atoms with Crippen molar-refractivity contribution in [3.05, 3.63) is 46.6 Å². The highest BCUT2D eigenvalue weighted by atomic mass is 35.5. The first-order valence-corrected chi connectivity index (χ1v) is 7.81. The largest absolute Gasteiger partial charge is 0.326 e. The van der Waals surface area contributed by atoms with E-state index >= 15 is 0 Å². The van der Waals surface area contributed by atoms with Gasteiger partial charge >= 0.3 is 0 Å². The number of nitrogens with two attached hydrogens (primary N) is 1. The van der Waals surface area contributed by atoms with E-state index in [1.165, 1.54) is 6.20 Å². The number of hydrogen-bond donors (Lipinski definition) is 3. The minimum Gasteiger partial charge on any atom is -0.326 e. The summed E-state index contributed by atoms with van der Waals surface area (Å²) in [7, 11) is -3.73. The van der Waals surface area contributed by atoms with Gasteiger partial charge in [-0.25, -0.2) is 13.1 Å². The molecule has 6 nitrogen and oxygen atoms in total. The van der Waals surface area contributed by atoms with Crippen LogP contribution in [0.1, 0.15) is 24.1 Å². The molecule has 0 saturated carbocycles. The highest BCUT2D eigenvalue weighted by Gasteiger charge is 2.23. The molecular formula is C12H15ClN4O2S. The number of sulfonamides is 1. The van der Waals surface area contributed by atoms with Crippen LogP contribution in [0.5, 0.6) is 0 Å². The van der Waals surface area contributed by atoms with Crippen LogP contribution in [0.4, 0.5) is 0 Å². The number of hydrogen-bond acceptors (Lipinski definition) is 4. The molecule has 0 aliphatic heterocycles. The second-order valence-corrected chi connectivity index (χ2v) is 6.35. The van der Waals surface area contributed by atoms with E-state index in [2.05, 4.69) is 14.9 Å². The smallest absolute Gasteiger partial charge is 0.258 e. The molecule has 1 unspecified atom stereocenters. The Morgan fingerprint density at radius 3 is 2.80 bits per heavy atom.